The zero-order valence-corrected chi connectivity index (χ0v) is 16.1. The van der Waals surface area contributed by atoms with Crippen LogP contribution in [0.5, 0.6) is 11.5 Å². The third kappa shape index (κ3) is 5.88. The molecule has 28 heavy (non-hydrogen) atoms. The molecule has 0 aliphatic carbocycles. The van der Waals surface area contributed by atoms with Crippen molar-refractivity contribution in [1.29, 1.82) is 0 Å². The van der Waals surface area contributed by atoms with Gasteiger partial charge in [0.25, 0.3) is 11.8 Å². The summed E-state index contributed by atoms with van der Waals surface area (Å²) in [6.07, 6.45) is -0.0140. The maximum Gasteiger partial charge on any atom is 0.269 e. The number of hydrogen-bond donors (Lipinski definition) is 3. The van der Waals surface area contributed by atoms with Crippen LogP contribution in [-0.2, 0) is 4.79 Å². The highest BCUT2D eigenvalue weighted by Gasteiger charge is 2.12. The largest absolute Gasteiger partial charge is 0.493 e. The standard InChI is InChI=1S/C19H20ClN3O5/c1-27-15-8-5-13(11-16(15)28-2)18(25)21-10-9-17(24)22-23-19(26)12-3-6-14(20)7-4-12/h3-8,11H,9-10H2,1-2H3,(H,21,25)(H,22,24)(H,23,26). The van der Waals surface area contributed by atoms with Crippen LogP contribution in [-0.4, -0.2) is 38.5 Å². The van der Waals surface area contributed by atoms with E-state index in [9.17, 15) is 14.4 Å². The molecule has 3 amide bonds. The van der Waals surface area contributed by atoms with Crippen molar-refractivity contribution in [2.24, 2.45) is 0 Å². The molecular formula is C19H20ClN3O5. The van der Waals surface area contributed by atoms with Gasteiger partial charge in [-0.1, -0.05) is 11.6 Å². The lowest BCUT2D eigenvalue weighted by molar-refractivity contribution is -0.121. The number of rotatable bonds is 7. The fourth-order valence-corrected chi connectivity index (χ4v) is 2.36. The fourth-order valence-electron chi connectivity index (χ4n) is 2.23. The molecule has 8 nitrogen and oxygen atoms in total. The van der Waals surface area contributed by atoms with Crippen LogP contribution >= 0.6 is 11.6 Å². The summed E-state index contributed by atoms with van der Waals surface area (Å²) in [7, 11) is 2.98. The monoisotopic (exact) mass is 405 g/mol. The molecule has 0 fully saturated rings. The van der Waals surface area contributed by atoms with Crippen molar-refractivity contribution in [3.8, 4) is 11.5 Å². The Morgan fingerprint density at radius 3 is 2.14 bits per heavy atom. The van der Waals surface area contributed by atoms with E-state index >= 15 is 0 Å². The van der Waals surface area contributed by atoms with E-state index in [0.717, 1.165) is 0 Å². The van der Waals surface area contributed by atoms with E-state index in [2.05, 4.69) is 16.2 Å². The van der Waals surface area contributed by atoms with Gasteiger partial charge in [0.05, 0.1) is 14.2 Å². The average Bonchev–Trinajstić information content (AvgIpc) is 2.71. The van der Waals surface area contributed by atoms with E-state index in [1.165, 1.54) is 26.4 Å². The topological polar surface area (TPSA) is 106 Å². The van der Waals surface area contributed by atoms with Gasteiger partial charge in [-0.25, -0.2) is 0 Å². The third-order valence-electron chi connectivity index (χ3n) is 3.71. The first-order valence-corrected chi connectivity index (χ1v) is 8.67. The molecule has 0 bridgehead atoms. The van der Waals surface area contributed by atoms with Gasteiger partial charge in [-0.15, -0.1) is 0 Å². The Bertz CT molecular complexity index is 855. The number of nitrogens with one attached hydrogen (secondary N) is 3. The zero-order valence-electron chi connectivity index (χ0n) is 15.4. The quantitative estimate of drug-likeness (QED) is 0.610. The number of benzene rings is 2. The van der Waals surface area contributed by atoms with Crippen molar-refractivity contribution in [2.75, 3.05) is 20.8 Å². The molecule has 0 aromatic heterocycles. The van der Waals surface area contributed by atoms with Gasteiger partial charge in [0.1, 0.15) is 0 Å². The first kappa shape index (κ1) is 21.0. The number of hydrazine groups is 1. The SMILES string of the molecule is COc1ccc(C(=O)NCCC(=O)NNC(=O)c2ccc(Cl)cc2)cc1OC. The molecule has 0 radical (unpaired) electrons. The summed E-state index contributed by atoms with van der Waals surface area (Å²) >= 11 is 5.75. The fraction of sp³-hybridized carbons (Fsp3) is 0.211. The van der Waals surface area contributed by atoms with Gasteiger partial charge in [0, 0.05) is 29.1 Å². The molecule has 0 saturated heterocycles. The molecule has 2 aromatic rings. The highest BCUT2D eigenvalue weighted by Crippen LogP contribution is 2.27. The Hall–Kier alpha value is -3.26. The zero-order chi connectivity index (χ0) is 20.5. The van der Waals surface area contributed by atoms with Crippen molar-refractivity contribution < 1.29 is 23.9 Å². The lowest BCUT2D eigenvalue weighted by Crippen LogP contribution is -2.42. The molecule has 148 valence electrons. The van der Waals surface area contributed by atoms with Gasteiger partial charge in [0.2, 0.25) is 5.91 Å². The maximum atomic E-state index is 12.2. The number of amides is 3. The normalized spacial score (nSPS) is 9.96. The minimum absolute atomic E-state index is 0.0140. The van der Waals surface area contributed by atoms with Gasteiger partial charge < -0.3 is 14.8 Å². The second-order valence-electron chi connectivity index (χ2n) is 5.58. The molecule has 0 heterocycles. The lowest BCUT2D eigenvalue weighted by Gasteiger charge is -2.10. The molecule has 0 aliphatic heterocycles. The average molecular weight is 406 g/mol. The molecule has 0 aliphatic rings. The number of carbonyl (C=O) groups excluding carboxylic acids is 3. The second kappa shape index (κ2) is 10.2. The van der Waals surface area contributed by atoms with Crippen LogP contribution < -0.4 is 25.6 Å². The summed E-state index contributed by atoms with van der Waals surface area (Å²) in [4.78, 5) is 35.8. The summed E-state index contributed by atoms with van der Waals surface area (Å²) in [5.41, 5.74) is 5.30. The van der Waals surface area contributed by atoms with Crippen molar-refractivity contribution in [1.82, 2.24) is 16.2 Å². The van der Waals surface area contributed by atoms with Crippen molar-refractivity contribution in [3.05, 3.63) is 58.6 Å². The van der Waals surface area contributed by atoms with Gasteiger partial charge in [-0.2, -0.15) is 0 Å². The van der Waals surface area contributed by atoms with Crippen LogP contribution in [0.4, 0.5) is 0 Å². The molecule has 9 heteroatoms. The highest BCUT2D eigenvalue weighted by molar-refractivity contribution is 6.30. The minimum atomic E-state index is -0.473. The van der Waals surface area contributed by atoms with Gasteiger partial charge in [0.15, 0.2) is 11.5 Å². The molecule has 2 rings (SSSR count). The van der Waals surface area contributed by atoms with Crippen LogP contribution in [0.25, 0.3) is 0 Å². The predicted octanol–water partition coefficient (Wildman–Crippen LogP) is 1.94. The number of ether oxygens (including phenoxy) is 2. The summed E-state index contributed by atoms with van der Waals surface area (Å²) in [6.45, 7) is 0.0931. The van der Waals surface area contributed by atoms with E-state index in [1.54, 1.807) is 30.3 Å². The predicted molar refractivity (Wildman–Crippen MR) is 104 cm³/mol. The van der Waals surface area contributed by atoms with Crippen LogP contribution in [0, 0.1) is 0 Å². The first-order valence-electron chi connectivity index (χ1n) is 8.29. The number of carbonyl (C=O) groups is 3. The summed E-state index contributed by atoms with van der Waals surface area (Å²) in [6, 6.07) is 11.0. The van der Waals surface area contributed by atoms with Crippen LogP contribution in [0.1, 0.15) is 27.1 Å². The summed E-state index contributed by atoms with van der Waals surface area (Å²) in [5, 5.41) is 3.13. The Kier molecular flexibility index (Phi) is 7.65. The second-order valence-corrected chi connectivity index (χ2v) is 6.02. The van der Waals surface area contributed by atoms with E-state index in [-0.39, 0.29) is 18.9 Å². The highest BCUT2D eigenvalue weighted by atomic mass is 35.5. The summed E-state index contributed by atoms with van der Waals surface area (Å²) < 4.78 is 10.3. The molecule has 0 saturated carbocycles. The van der Waals surface area contributed by atoms with Crippen LogP contribution in [0.2, 0.25) is 5.02 Å². The molecule has 0 unspecified atom stereocenters. The number of methoxy groups -OCH3 is 2. The van der Waals surface area contributed by atoms with Crippen molar-refractivity contribution >= 4 is 29.3 Å². The third-order valence-corrected chi connectivity index (χ3v) is 3.96. The Balaban J connectivity index is 1.76. The van der Waals surface area contributed by atoms with E-state index in [0.29, 0.717) is 27.6 Å². The van der Waals surface area contributed by atoms with E-state index in [1.807, 2.05) is 0 Å². The van der Waals surface area contributed by atoms with Crippen LogP contribution in [0.15, 0.2) is 42.5 Å². The van der Waals surface area contributed by atoms with Gasteiger partial charge in [-0.3, -0.25) is 25.2 Å². The van der Waals surface area contributed by atoms with E-state index in [4.69, 9.17) is 21.1 Å². The summed E-state index contributed by atoms with van der Waals surface area (Å²) in [5.74, 6) is -0.346. The van der Waals surface area contributed by atoms with Gasteiger partial charge >= 0.3 is 0 Å². The van der Waals surface area contributed by atoms with Crippen molar-refractivity contribution in [2.45, 2.75) is 6.42 Å². The smallest absolute Gasteiger partial charge is 0.269 e. The van der Waals surface area contributed by atoms with Crippen molar-refractivity contribution in [3.63, 3.8) is 0 Å². The Morgan fingerprint density at radius 1 is 0.857 bits per heavy atom. The van der Waals surface area contributed by atoms with Crippen LogP contribution in [0.3, 0.4) is 0 Å². The molecular weight excluding hydrogens is 386 g/mol. The maximum absolute atomic E-state index is 12.2. The van der Waals surface area contributed by atoms with Gasteiger partial charge in [-0.05, 0) is 42.5 Å². The molecule has 3 N–H and O–H groups in total. The molecule has 2 aromatic carbocycles. The number of halogens is 1. The molecule has 0 atom stereocenters. The Morgan fingerprint density at radius 2 is 1.50 bits per heavy atom. The lowest BCUT2D eigenvalue weighted by atomic mass is 10.2. The first-order chi connectivity index (χ1) is 13.4. The van der Waals surface area contributed by atoms with E-state index < -0.39 is 11.8 Å². The minimum Gasteiger partial charge on any atom is -0.493 e. The molecule has 0 spiro atoms. The number of hydrogen-bond acceptors (Lipinski definition) is 5. The Labute approximate surface area is 167 Å².